The van der Waals surface area contributed by atoms with Crippen molar-refractivity contribution in [3.8, 4) is 0 Å². The molecule has 0 aliphatic carbocycles. The summed E-state index contributed by atoms with van der Waals surface area (Å²) in [4.78, 5) is 9.18. The Hall–Kier alpha value is -0.650. The van der Waals surface area contributed by atoms with Gasteiger partial charge in [-0.25, -0.2) is 0 Å². The third kappa shape index (κ3) is 3.74. The Morgan fingerprint density at radius 2 is 1.80 bits per heavy atom. The Bertz CT molecular complexity index is 772. The summed E-state index contributed by atoms with van der Waals surface area (Å²) in [6.07, 6.45) is 3.20. The van der Waals surface area contributed by atoms with Gasteiger partial charge < -0.3 is 4.90 Å². The van der Waals surface area contributed by atoms with Gasteiger partial charge in [-0.05, 0) is 67.2 Å². The van der Waals surface area contributed by atoms with Crippen LogP contribution in [0, 0.1) is 0 Å². The van der Waals surface area contributed by atoms with Crippen LogP contribution >= 0.6 is 35.1 Å². The molecule has 2 heterocycles. The summed E-state index contributed by atoms with van der Waals surface area (Å²) in [6, 6.07) is 13.7. The largest absolute Gasteiger partial charge is 0.304 e. The number of hydrogen-bond acceptors (Lipinski definition) is 4. The molecule has 2 aliphatic rings. The second kappa shape index (κ2) is 7.53. The van der Waals surface area contributed by atoms with Crippen LogP contribution in [-0.2, 0) is 6.42 Å². The minimum absolute atomic E-state index is 0.433. The maximum atomic E-state index is 6.31. The van der Waals surface area contributed by atoms with Crippen LogP contribution < -0.4 is 0 Å². The average Bonchev–Trinajstić information content (AvgIpc) is 2.78. The van der Waals surface area contributed by atoms with Crippen molar-refractivity contribution in [3.05, 3.63) is 52.5 Å². The molecule has 0 aromatic heterocycles. The van der Waals surface area contributed by atoms with Crippen molar-refractivity contribution in [2.75, 3.05) is 39.5 Å². The number of benzene rings is 2. The number of nitrogens with zero attached hydrogens (tertiary/aromatic N) is 2. The summed E-state index contributed by atoms with van der Waals surface area (Å²) >= 11 is 10.0. The zero-order chi connectivity index (χ0) is 17.4. The molecular formula is C20H23ClN2S2. The number of fused-ring (bicyclic) bond motifs is 2. The molecular weight excluding hydrogens is 368 g/mol. The zero-order valence-electron chi connectivity index (χ0n) is 14.7. The lowest BCUT2D eigenvalue weighted by Crippen LogP contribution is -2.46. The van der Waals surface area contributed by atoms with Crippen LogP contribution in [0.1, 0.15) is 17.2 Å². The first-order valence-electron chi connectivity index (χ1n) is 8.71. The number of thioether (sulfide) groups is 1. The molecule has 1 fully saturated rings. The van der Waals surface area contributed by atoms with Crippen LogP contribution in [0.25, 0.3) is 0 Å². The highest BCUT2D eigenvalue weighted by Gasteiger charge is 2.29. The van der Waals surface area contributed by atoms with Crippen molar-refractivity contribution >= 4 is 35.1 Å². The normalized spacial score (nSPS) is 21.5. The van der Waals surface area contributed by atoms with E-state index in [0.29, 0.717) is 6.04 Å². The highest BCUT2D eigenvalue weighted by Crippen LogP contribution is 2.44. The van der Waals surface area contributed by atoms with Crippen molar-refractivity contribution < 1.29 is 0 Å². The van der Waals surface area contributed by atoms with E-state index in [4.69, 9.17) is 11.6 Å². The van der Waals surface area contributed by atoms with Crippen molar-refractivity contribution in [3.63, 3.8) is 0 Å². The standard InChI is InChI=1S/C20H23ClN2S2/c1-22-7-9-23(10-8-22)18-12-14-11-15(21)3-5-19(14)25-20-6-4-16(24-2)13-17(18)20/h3-6,11,13,18H,7-10,12H2,1-2H3. The van der Waals surface area contributed by atoms with Gasteiger partial charge in [-0.3, -0.25) is 4.90 Å². The molecule has 2 aliphatic heterocycles. The highest BCUT2D eigenvalue weighted by molar-refractivity contribution is 7.99. The smallest absolute Gasteiger partial charge is 0.0409 e. The number of halogens is 1. The molecule has 2 nitrogen and oxygen atoms in total. The van der Waals surface area contributed by atoms with Crippen LogP contribution in [0.15, 0.2) is 51.1 Å². The summed E-state index contributed by atoms with van der Waals surface area (Å²) in [5, 5.41) is 0.840. The maximum Gasteiger partial charge on any atom is 0.0409 e. The fraction of sp³-hybridized carbons (Fsp3) is 0.400. The molecule has 0 bridgehead atoms. The Kier molecular flexibility index (Phi) is 5.35. The van der Waals surface area contributed by atoms with Crippen LogP contribution in [0.4, 0.5) is 0 Å². The number of likely N-dealkylation sites (N-methyl/N-ethyl adjacent to an activating group) is 1. The molecule has 25 heavy (non-hydrogen) atoms. The van der Waals surface area contributed by atoms with E-state index in [1.54, 1.807) is 0 Å². The Labute approximate surface area is 163 Å². The Morgan fingerprint density at radius 1 is 1.04 bits per heavy atom. The SMILES string of the molecule is CSc1ccc2c(c1)C(N1CCN(C)CC1)Cc1cc(Cl)ccc1S2. The lowest BCUT2D eigenvalue weighted by molar-refractivity contribution is 0.109. The van der Waals surface area contributed by atoms with Crippen molar-refractivity contribution in [1.82, 2.24) is 9.80 Å². The molecule has 1 unspecified atom stereocenters. The Morgan fingerprint density at radius 3 is 2.56 bits per heavy atom. The molecule has 0 amide bonds. The van der Waals surface area contributed by atoms with Crippen LogP contribution in [0.5, 0.6) is 0 Å². The summed E-state index contributed by atoms with van der Waals surface area (Å²) in [7, 11) is 2.22. The van der Waals surface area contributed by atoms with E-state index in [-0.39, 0.29) is 0 Å². The van der Waals surface area contributed by atoms with Gasteiger partial charge in [0.25, 0.3) is 0 Å². The van der Waals surface area contributed by atoms with Gasteiger partial charge in [-0.1, -0.05) is 23.4 Å². The first-order chi connectivity index (χ1) is 12.1. The van der Waals surface area contributed by atoms with Gasteiger partial charge in [-0.15, -0.1) is 11.8 Å². The molecule has 132 valence electrons. The molecule has 1 saturated heterocycles. The number of piperazine rings is 1. The highest BCUT2D eigenvalue weighted by atomic mass is 35.5. The van der Waals surface area contributed by atoms with E-state index in [1.165, 1.54) is 25.8 Å². The summed E-state index contributed by atoms with van der Waals surface area (Å²) in [5.41, 5.74) is 2.86. The number of rotatable bonds is 2. The van der Waals surface area contributed by atoms with Crippen LogP contribution in [-0.4, -0.2) is 49.3 Å². The number of hydrogen-bond donors (Lipinski definition) is 0. The average molecular weight is 391 g/mol. The van der Waals surface area contributed by atoms with E-state index < -0.39 is 0 Å². The minimum atomic E-state index is 0.433. The molecule has 2 aromatic carbocycles. The fourth-order valence-corrected chi connectivity index (χ4v) is 5.45. The topological polar surface area (TPSA) is 6.48 Å². The third-order valence-electron chi connectivity index (χ3n) is 5.21. The predicted octanol–water partition coefficient (Wildman–Crippen LogP) is 5.06. The molecule has 5 heteroatoms. The predicted molar refractivity (Wildman–Crippen MR) is 109 cm³/mol. The molecule has 0 spiro atoms. The van der Waals surface area contributed by atoms with E-state index in [0.717, 1.165) is 37.6 Å². The minimum Gasteiger partial charge on any atom is -0.304 e. The zero-order valence-corrected chi connectivity index (χ0v) is 17.1. The van der Waals surface area contributed by atoms with Gasteiger partial charge in [0, 0.05) is 51.9 Å². The second-order valence-electron chi connectivity index (χ2n) is 6.82. The van der Waals surface area contributed by atoms with Crippen molar-refractivity contribution in [2.45, 2.75) is 27.1 Å². The monoisotopic (exact) mass is 390 g/mol. The fourth-order valence-electron chi connectivity index (χ4n) is 3.71. The summed E-state index contributed by atoms with van der Waals surface area (Å²) in [6.45, 7) is 4.54. The third-order valence-corrected chi connectivity index (χ3v) is 7.38. The lowest BCUT2D eigenvalue weighted by atomic mass is 9.96. The van der Waals surface area contributed by atoms with Crippen molar-refractivity contribution in [2.24, 2.45) is 0 Å². The quantitative estimate of drug-likeness (QED) is 0.661. The molecule has 4 rings (SSSR count). The Balaban J connectivity index is 1.77. The maximum absolute atomic E-state index is 6.31. The second-order valence-corrected chi connectivity index (χ2v) is 9.22. The molecule has 2 aromatic rings. The lowest BCUT2D eigenvalue weighted by Gasteiger charge is -2.38. The molecule has 0 N–H and O–H groups in total. The van der Waals surface area contributed by atoms with Crippen molar-refractivity contribution in [1.29, 1.82) is 0 Å². The van der Waals surface area contributed by atoms with Gasteiger partial charge >= 0.3 is 0 Å². The summed E-state index contributed by atoms with van der Waals surface area (Å²) < 4.78 is 0. The van der Waals surface area contributed by atoms with Crippen LogP contribution in [0.3, 0.4) is 0 Å². The van der Waals surface area contributed by atoms with E-state index in [9.17, 15) is 0 Å². The first-order valence-corrected chi connectivity index (χ1v) is 11.1. The van der Waals surface area contributed by atoms with E-state index >= 15 is 0 Å². The molecule has 0 radical (unpaired) electrons. The van der Waals surface area contributed by atoms with Gasteiger partial charge in [-0.2, -0.15) is 0 Å². The van der Waals surface area contributed by atoms with Gasteiger partial charge in [0.2, 0.25) is 0 Å². The van der Waals surface area contributed by atoms with Gasteiger partial charge in [0.15, 0.2) is 0 Å². The van der Waals surface area contributed by atoms with Crippen LogP contribution in [0.2, 0.25) is 5.02 Å². The molecule has 0 saturated carbocycles. The van der Waals surface area contributed by atoms with E-state index in [1.807, 2.05) is 29.6 Å². The van der Waals surface area contributed by atoms with E-state index in [2.05, 4.69) is 53.4 Å². The summed E-state index contributed by atoms with van der Waals surface area (Å²) in [5.74, 6) is 0. The van der Waals surface area contributed by atoms with Gasteiger partial charge in [0.1, 0.15) is 0 Å². The van der Waals surface area contributed by atoms with Gasteiger partial charge in [0.05, 0.1) is 0 Å². The first kappa shape index (κ1) is 17.7. The molecule has 1 atom stereocenters.